The van der Waals surface area contributed by atoms with Gasteiger partial charge in [0.2, 0.25) is 0 Å². The molecule has 0 radical (unpaired) electrons. The molecule has 0 unspecified atom stereocenters. The molecule has 1 nitrogen and oxygen atoms in total. The van der Waals surface area contributed by atoms with Gasteiger partial charge < -0.3 is 0 Å². The lowest BCUT2D eigenvalue weighted by Crippen LogP contribution is -1.97. The molecule has 1 aromatic heterocycles. The van der Waals surface area contributed by atoms with E-state index in [0.717, 1.165) is 11.6 Å². The van der Waals surface area contributed by atoms with Gasteiger partial charge in [0.15, 0.2) is 0 Å². The maximum atomic E-state index is 4.73. The Bertz CT molecular complexity index is 881. The maximum Gasteiger partial charge on any atom is 0.0780 e. The summed E-state index contributed by atoms with van der Waals surface area (Å²) in [5, 5.41) is 2.61. The summed E-state index contributed by atoms with van der Waals surface area (Å²) in [5.74, 6) is 0.757. The molecule has 1 aliphatic rings. The van der Waals surface area contributed by atoms with E-state index in [1.807, 2.05) is 6.20 Å². The Morgan fingerprint density at radius 2 is 1.58 bits per heavy atom. The van der Waals surface area contributed by atoms with Gasteiger partial charge in [-0.15, -0.1) is 0 Å². The molecule has 0 aliphatic heterocycles. The molecule has 24 heavy (non-hydrogen) atoms. The zero-order valence-corrected chi connectivity index (χ0v) is 14.9. The lowest BCUT2D eigenvalue weighted by molar-refractivity contribution is 0.719. The summed E-state index contributed by atoms with van der Waals surface area (Å²) in [6.45, 7) is 6.58. The first-order chi connectivity index (χ1) is 11.6. The van der Waals surface area contributed by atoms with E-state index in [4.69, 9.17) is 4.98 Å². The maximum absolute atomic E-state index is 4.73. The number of hydrogen-bond donors (Lipinski definition) is 0. The molecule has 0 saturated heterocycles. The first-order valence-electron chi connectivity index (χ1n) is 9.10. The zero-order valence-electron chi connectivity index (χ0n) is 14.9. The predicted octanol–water partition coefficient (Wildman–Crippen LogP) is 6.48. The van der Waals surface area contributed by atoms with Crippen LogP contribution in [0.25, 0.3) is 22.0 Å². The van der Waals surface area contributed by atoms with Crippen molar-refractivity contribution in [1.82, 2.24) is 4.98 Å². The van der Waals surface area contributed by atoms with Crippen LogP contribution in [0.4, 0.5) is 0 Å². The van der Waals surface area contributed by atoms with Crippen molar-refractivity contribution in [2.75, 3.05) is 0 Å². The van der Waals surface area contributed by atoms with Crippen molar-refractivity contribution in [3.8, 4) is 11.3 Å². The highest BCUT2D eigenvalue weighted by Gasteiger charge is 2.19. The van der Waals surface area contributed by atoms with Gasteiger partial charge in [0.05, 0.1) is 5.69 Å². The Balaban J connectivity index is 1.90. The number of fused-ring (bicyclic) bond motifs is 1. The average Bonchev–Trinajstić information content (AvgIpc) is 3.07. The SMILES string of the molecule is Cc1cc(C)cc(-c2nccc3cc(C4CCCC4)c(C)cc23)c1. The molecule has 1 fully saturated rings. The van der Waals surface area contributed by atoms with E-state index in [2.05, 4.69) is 57.2 Å². The number of pyridine rings is 1. The number of benzene rings is 2. The van der Waals surface area contributed by atoms with Gasteiger partial charge in [-0.25, -0.2) is 0 Å². The molecule has 122 valence electrons. The second-order valence-electron chi connectivity index (χ2n) is 7.45. The smallest absolute Gasteiger partial charge is 0.0780 e. The van der Waals surface area contributed by atoms with Gasteiger partial charge in [0.1, 0.15) is 0 Å². The fourth-order valence-corrected chi connectivity index (χ4v) is 4.36. The monoisotopic (exact) mass is 315 g/mol. The van der Waals surface area contributed by atoms with Gasteiger partial charge in [-0.05, 0) is 80.3 Å². The number of aryl methyl sites for hydroxylation is 3. The molecule has 3 aromatic rings. The summed E-state index contributed by atoms with van der Waals surface area (Å²) in [6, 6.07) is 13.7. The van der Waals surface area contributed by atoms with Crippen molar-refractivity contribution in [3.05, 3.63) is 64.8 Å². The number of hydrogen-bond acceptors (Lipinski definition) is 1. The van der Waals surface area contributed by atoms with Crippen LogP contribution >= 0.6 is 0 Å². The highest BCUT2D eigenvalue weighted by molar-refractivity contribution is 5.95. The van der Waals surface area contributed by atoms with Crippen LogP contribution in [-0.4, -0.2) is 4.98 Å². The van der Waals surface area contributed by atoms with Crippen molar-refractivity contribution in [2.24, 2.45) is 0 Å². The van der Waals surface area contributed by atoms with Gasteiger partial charge in [-0.1, -0.05) is 36.1 Å². The van der Waals surface area contributed by atoms with Gasteiger partial charge >= 0.3 is 0 Å². The molecular weight excluding hydrogens is 290 g/mol. The highest BCUT2D eigenvalue weighted by atomic mass is 14.7. The Hall–Kier alpha value is -2.15. The predicted molar refractivity (Wildman–Crippen MR) is 103 cm³/mol. The average molecular weight is 315 g/mol. The zero-order chi connectivity index (χ0) is 16.7. The van der Waals surface area contributed by atoms with E-state index in [0.29, 0.717) is 0 Å². The van der Waals surface area contributed by atoms with E-state index >= 15 is 0 Å². The Kier molecular flexibility index (Phi) is 3.88. The summed E-state index contributed by atoms with van der Waals surface area (Å²) in [4.78, 5) is 4.73. The Morgan fingerprint density at radius 3 is 2.29 bits per heavy atom. The van der Waals surface area contributed by atoms with Crippen LogP contribution in [0.2, 0.25) is 0 Å². The lowest BCUT2D eigenvalue weighted by atomic mass is 9.90. The molecule has 1 saturated carbocycles. The van der Waals surface area contributed by atoms with Crippen molar-refractivity contribution in [1.29, 1.82) is 0 Å². The van der Waals surface area contributed by atoms with E-state index in [9.17, 15) is 0 Å². The third-order valence-electron chi connectivity index (χ3n) is 5.44. The molecule has 0 amide bonds. The first kappa shape index (κ1) is 15.4. The molecule has 0 bridgehead atoms. The van der Waals surface area contributed by atoms with Gasteiger partial charge in [-0.2, -0.15) is 0 Å². The van der Waals surface area contributed by atoms with Crippen LogP contribution in [0.5, 0.6) is 0 Å². The summed E-state index contributed by atoms with van der Waals surface area (Å²) < 4.78 is 0. The highest BCUT2D eigenvalue weighted by Crippen LogP contribution is 2.38. The van der Waals surface area contributed by atoms with E-state index in [-0.39, 0.29) is 0 Å². The third kappa shape index (κ3) is 2.73. The van der Waals surface area contributed by atoms with Crippen LogP contribution in [0.1, 0.15) is 53.9 Å². The van der Waals surface area contributed by atoms with Gasteiger partial charge in [-0.3, -0.25) is 4.98 Å². The minimum atomic E-state index is 0.757. The number of rotatable bonds is 2. The third-order valence-corrected chi connectivity index (χ3v) is 5.44. The fraction of sp³-hybridized carbons (Fsp3) is 0.348. The fourth-order valence-electron chi connectivity index (χ4n) is 4.36. The van der Waals surface area contributed by atoms with Gasteiger partial charge in [0, 0.05) is 17.1 Å². The molecule has 0 atom stereocenters. The lowest BCUT2D eigenvalue weighted by Gasteiger charge is -2.16. The van der Waals surface area contributed by atoms with Crippen LogP contribution in [0, 0.1) is 20.8 Å². The van der Waals surface area contributed by atoms with Crippen LogP contribution < -0.4 is 0 Å². The summed E-state index contributed by atoms with van der Waals surface area (Å²) in [6.07, 6.45) is 7.42. The second kappa shape index (κ2) is 6.05. The summed E-state index contributed by atoms with van der Waals surface area (Å²) in [5.41, 5.74) is 7.91. The second-order valence-corrected chi connectivity index (χ2v) is 7.45. The number of nitrogens with zero attached hydrogens (tertiary/aromatic N) is 1. The van der Waals surface area contributed by atoms with Crippen LogP contribution in [0.3, 0.4) is 0 Å². The van der Waals surface area contributed by atoms with Crippen LogP contribution in [0.15, 0.2) is 42.6 Å². The minimum Gasteiger partial charge on any atom is -0.256 e. The van der Waals surface area contributed by atoms with E-state index in [1.54, 1.807) is 5.56 Å². The molecule has 1 aliphatic carbocycles. The van der Waals surface area contributed by atoms with Crippen molar-refractivity contribution < 1.29 is 0 Å². The number of aromatic nitrogens is 1. The molecule has 2 aromatic carbocycles. The van der Waals surface area contributed by atoms with Crippen molar-refractivity contribution in [3.63, 3.8) is 0 Å². The minimum absolute atomic E-state index is 0.757. The van der Waals surface area contributed by atoms with E-state index < -0.39 is 0 Å². The van der Waals surface area contributed by atoms with Crippen molar-refractivity contribution in [2.45, 2.75) is 52.4 Å². The van der Waals surface area contributed by atoms with E-state index in [1.165, 1.54) is 58.7 Å². The first-order valence-corrected chi connectivity index (χ1v) is 9.10. The Morgan fingerprint density at radius 1 is 0.875 bits per heavy atom. The molecule has 1 heterocycles. The summed E-state index contributed by atoms with van der Waals surface area (Å²) in [7, 11) is 0. The molecule has 0 spiro atoms. The van der Waals surface area contributed by atoms with Gasteiger partial charge in [0.25, 0.3) is 0 Å². The molecule has 4 rings (SSSR count). The summed E-state index contributed by atoms with van der Waals surface area (Å²) >= 11 is 0. The molecule has 0 N–H and O–H groups in total. The Labute approximate surface area is 144 Å². The molecule has 1 heteroatoms. The van der Waals surface area contributed by atoms with Crippen LogP contribution in [-0.2, 0) is 0 Å². The normalized spacial score (nSPS) is 15.3. The standard InChI is InChI=1S/C23H25N/c1-15-10-16(2)12-20(11-15)23-22-13-17(3)21(18-6-4-5-7-18)14-19(22)8-9-24-23/h8-14,18H,4-7H2,1-3H3. The quantitative estimate of drug-likeness (QED) is 0.527. The topological polar surface area (TPSA) is 12.9 Å². The largest absolute Gasteiger partial charge is 0.256 e. The van der Waals surface area contributed by atoms with Crippen molar-refractivity contribution >= 4 is 10.8 Å². The molecular formula is C23H25N.